The monoisotopic (exact) mass is 560 g/mol. The van der Waals surface area contributed by atoms with Gasteiger partial charge in [0, 0.05) is 29.5 Å². The molecule has 1 fully saturated rings. The number of nitrogens with zero attached hydrogens (tertiary/aromatic N) is 2. The first kappa shape index (κ1) is 28.4. The van der Waals surface area contributed by atoms with Crippen molar-refractivity contribution in [3.63, 3.8) is 0 Å². The second kappa shape index (κ2) is 12.1. The zero-order valence-corrected chi connectivity index (χ0v) is 24.0. The van der Waals surface area contributed by atoms with Crippen LogP contribution in [-0.2, 0) is 28.9 Å². The summed E-state index contributed by atoms with van der Waals surface area (Å²) in [5.74, 6) is -1.16. The molecule has 0 spiro atoms. The van der Waals surface area contributed by atoms with Crippen molar-refractivity contribution in [2.75, 3.05) is 37.3 Å². The predicted molar refractivity (Wildman–Crippen MR) is 147 cm³/mol. The third kappa shape index (κ3) is 6.90. The Kier molecular flexibility index (Phi) is 9.05. The van der Waals surface area contributed by atoms with Gasteiger partial charge in [0.05, 0.1) is 28.1 Å². The number of carbonyl (C=O) groups is 2. The Bertz CT molecular complexity index is 1270. The molecular weight excluding hydrogens is 524 g/mol. The number of sulfone groups is 1. The SMILES string of the molecule is CC(OC(=O)C(C)C)OC(=O)C1CCN(CCCN2c3ccccc3Sc3ccc(S(C)(=O)=O)cc32)CC1. The number of rotatable bonds is 9. The summed E-state index contributed by atoms with van der Waals surface area (Å²) in [4.78, 5) is 31.3. The highest BCUT2D eigenvalue weighted by molar-refractivity contribution is 7.99. The minimum atomic E-state index is -3.31. The molecule has 0 amide bonds. The van der Waals surface area contributed by atoms with Crippen LogP contribution in [0.1, 0.15) is 40.0 Å². The summed E-state index contributed by atoms with van der Waals surface area (Å²) < 4.78 is 34.9. The van der Waals surface area contributed by atoms with Crippen LogP contribution in [0.25, 0.3) is 0 Å². The molecule has 0 aliphatic carbocycles. The van der Waals surface area contributed by atoms with Gasteiger partial charge >= 0.3 is 11.9 Å². The van der Waals surface area contributed by atoms with Gasteiger partial charge in [-0.2, -0.15) is 0 Å². The topological polar surface area (TPSA) is 93.2 Å². The number of carbonyl (C=O) groups excluding carboxylic acids is 2. The smallest absolute Gasteiger partial charge is 0.312 e. The Hall–Kier alpha value is -2.56. The van der Waals surface area contributed by atoms with Crippen molar-refractivity contribution in [1.82, 2.24) is 4.90 Å². The molecule has 1 saturated heterocycles. The second-order valence-electron chi connectivity index (χ2n) is 10.2. The Labute approximate surface area is 229 Å². The van der Waals surface area contributed by atoms with Crippen molar-refractivity contribution < 1.29 is 27.5 Å². The van der Waals surface area contributed by atoms with Gasteiger partial charge in [-0.15, -0.1) is 0 Å². The van der Waals surface area contributed by atoms with E-state index >= 15 is 0 Å². The van der Waals surface area contributed by atoms with Crippen molar-refractivity contribution in [2.45, 2.75) is 61.0 Å². The van der Waals surface area contributed by atoms with Gasteiger partial charge in [0.25, 0.3) is 0 Å². The third-order valence-corrected chi connectivity index (χ3v) is 9.08. The fraction of sp³-hybridized carbons (Fsp3) is 0.500. The predicted octanol–water partition coefficient (Wildman–Crippen LogP) is 4.88. The van der Waals surface area contributed by atoms with Crippen molar-refractivity contribution in [2.24, 2.45) is 11.8 Å². The van der Waals surface area contributed by atoms with E-state index in [4.69, 9.17) is 9.47 Å². The first-order chi connectivity index (χ1) is 18.0. The van der Waals surface area contributed by atoms with Crippen LogP contribution in [-0.4, -0.2) is 64.0 Å². The van der Waals surface area contributed by atoms with E-state index in [-0.39, 0.29) is 23.8 Å². The lowest BCUT2D eigenvalue weighted by Crippen LogP contribution is -2.39. The highest BCUT2D eigenvalue weighted by Gasteiger charge is 2.29. The average Bonchev–Trinajstić information content (AvgIpc) is 2.87. The van der Waals surface area contributed by atoms with Gasteiger partial charge in [-0.05, 0) is 69.2 Å². The zero-order chi connectivity index (χ0) is 27.4. The molecule has 2 heterocycles. The van der Waals surface area contributed by atoms with Crippen molar-refractivity contribution in [3.8, 4) is 0 Å². The van der Waals surface area contributed by atoms with E-state index < -0.39 is 16.1 Å². The highest BCUT2D eigenvalue weighted by Crippen LogP contribution is 2.48. The van der Waals surface area contributed by atoms with Gasteiger partial charge in [-0.25, -0.2) is 8.42 Å². The fourth-order valence-electron chi connectivity index (χ4n) is 4.71. The van der Waals surface area contributed by atoms with Gasteiger partial charge in [0.15, 0.2) is 9.84 Å². The van der Waals surface area contributed by atoms with Crippen LogP contribution in [0.15, 0.2) is 57.2 Å². The molecule has 2 aromatic carbocycles. The largest absolute Gasteiger partial charge is 0.425 e. The maximum absolute atomic E-state index is 12.5. The molecule has 0 bridgehead atoms. The number of fused-ring (bicyclic) bond motifs is 2. The number of likely N-dealkylation sites (tertiary alicyclic amines) is 1. The Balaban J connectivity index is 1.32. The minimum absolute atomic E-state index is 0.196. The van der Waals surface area contributed by atoms with Crippen LogP contribution in [0, 0.1) is 11.8 Å². The summed E-state index contributed by atoms with van der Waals surface area (Å²) in [6, 6.07) is 13.6. The second-order valence-corrected chi connectivity index (χ2v) is 13.3. The molecule has 0 aromatic heterocycles. The molecule has 1 unspecified atom stereocenters. The first-order valence-electron chi connectivity index (χ1n) is 13.0. The molecule has 8 nitrogen and oxygen atoms in total. The number of para-hydroxylation sites is 1. The number of esters is 2. The molecule has 10 heteroatoms. The summed E-state index contributed by atoms with van der Waals surface area (Å²) in [6.07, 6.45) is 2.65. The van der Waals surface area contributed by atoms with Crippen molar-refractivity contribution >= 4 is 44.9 Å². The lowest BCUT2D eigenvalue weighted by molar-refractivity contribution is -0.190. The summed E-state index contributed by atoms with van der Waals surface area (Å²) >= 11 is 1.66. The van der Waals surface area contributed by atoms with Crippen LogP contribution < -0.4 is 4.90 Å². The average molecular weight is 561 g/mol. The van der Waals surface area contributed by atoms with E-state index in [0.29, 0.717) is 17.7 Å². The first-order valence-corrected chi connectivity index (χ1v) is 15.8. The van der Waals surface area contributed by atoms with Crippen LogP contribution in [0.3, 0.4) is 0 Å². The number of hydrogen-bond donors (Lipinski definition) is 0. The van der Waals surface area contributed by atoms with Crippen LogP contribution in [0.5, 0.6) is 0 Å². The van der Waals surface area contributed by atoms with Crippen LogP contribution in [0.2, 0.25) is 0 Å². The summed E-state index contributed by atoms with van der Waals surface area (Å²) in [5.41, 5.74) is 2.01. The highest BCUT2D eigenvalue weighted by atomic mass is 32.2. The van der Waals surface area contributed by atoms with E-state index in [9.17, 15) is 18.0 Å². The van der Waals surface area contributed by atoms with Crippen LogP contribution >= 0.6 is 11.8 Å². The molecule has 38 heavy (non-hydrogen) atoms. The molecule has 2 aromatic rings. The molecule has 2 aliphatic rings. The zero-order valence-electron chi connectivity index (χ0n) is 22.4. The standard InChI is InChI=1S/C28H36N2O6S2/c1-19(2)27(31)35-20(3)36-28(32)21-12-16-29(17-13-21)14-7-15-30-23-8-5-6-9-25(23)37-26-11-10-22(18-24(26)30)38(4,33)34/h5-6,8-11,18-21H,7,12-17H2,1-4H3. The Morgan fingerprint density at radius 3 is 2.34 bits per heavy atom. The number of anilines is 2. The van der Waals surface area contributed by atoms with Gasteiger partial charge in [0.1, 0.15) is 0 Å². The summed E-state index contributed by atoms with van der Waals surface area (Å²) in [7, 11) is -3.31. The molecular formula is C28H36N2O6S2. The molecule has 2 aliphatic heterocycles. The van der Waals surface area contributed by atoms with E-state index in [0.717, 1.165) is 53.8 Å². The van der Waals surface area contributed by atoms with Crippen LogP contribution in [0.4, 0.5) is 11.4 Å². The number of hydrogen-bond acceptors (Lipinski definition) is 9. The molecule has 4 rings (SSSR count). The Morgan fingerprint density at radius 1 is 0.974 bits per heavy atom. The normalized spacial score (nSPS) is 17.0. The van der Waals surface area contributed by atoms with E-state index in [1.54, 1.807) is 44.7 Å². The van der Waals surface area contributed by atoms with Crippen molar-refractivity contribution in [1.29, 1.82) is 0 Å². The molecule has 206 valence electrons. The lowest BCUT2D eigenvalue weighted by atomic mass is 9.97. The number of benzene rings is 2. The van der Waals surface area contributed by atoms with E-state index in [2.05, 4.69) is 21.9 Å². The number of ether oxygens (including phenoxy) is 2. The van der Waals surface area contributed by atoms with Gasteiger partial charge in [-0.1, -0.05) is 37.7 Å². The minimum Gasteiger partial charge on any atom is -0.425 e. The summed E-state index contributed by atoms with van der Waals surface area (Å²) in [5, 5.41) is 0. The maximum atomic E-state index is 12.5. The van der Waals surface area contributed by atoms with Gasteiger partial charge in [-0.3, -0.25) is 9.59 Å². The Morgan fingerprint density at radius 2 is 1.66 bits per heavy atom. The molecule has 0 saturated carbocycles. The van der Waals surface area contributed by atoms with Gasteiger partial charge < -0.3 is 19.3 Å². The third-order valence-electron chi connectivity index (χ3n) is 6.84. The van der Waals surface area contributed by atoms with E-state index in [1.165, 1.54) is 6.26 Å². The fourth-order valence-corrected chi connectivity index (χ4v) is 6.43. The molecule has 1 atom stereocenters. The number of piperidine rings is 1. The quantitative estimate of drug-likeness (QED) is 0.314. The van der Waals surface area contributed by atoms with Gasteiger partial charge in [0.2, 0.25) is 6.29 Å². The summed E-state index contributed by atoms with van der Waals surface area (Å²) in [6.45, 7) is 8.25. The lowest BCUT2D eigenvalue weighted by Gasteiger charge is -2.35. The van der Waals surface area contributed by atoms with E-state index in [1.807, 2.05) is 18.2 Å². The molecule has 0 radical (unpaired) electrons. The maximum Gasteiger partial charge on any atom is 0.312 e. The molecule has 0 N–H and O–H groups in total. The van der Waals surface area contributed by atoms with Crippen molar-refractivity contribution in [3.05, 3.63) is 42.5 Å².